The zero-order valence-electron chi connectivity index (χ0n) is 17.8. The number of benzene rings is 2. The van der Waals surface area contributed by atoms with Crippen molar-refractivity contribution >= 4 is 23.4 Å². The summed E-state index contributed by atoms with van der Waals surface area (Å²) < 4.78 is 1.78. The lowest BCUT2D eigenvalue weighted by molar-refractivity contribution is 0.0652. The third kappa shape index (κ3) is 3.74. The van der Waals surface area contributed by atoms with Gasteiger partial charge < -0.3 is 5.32 Å². The second kappa shape index (κ2) is 8.18. The van der Waals surface area contributed by atoms with E-state index in [0.29, 0.717) is 23.4 Å². The van der Waals surface area contributed by atoms with E-state index in [1.807, 2.05) is 45.0 Å². The largest absolute Gasteiger partial charge is 0.320 e. The number of nitrogens with one attached hydrogen (secondary N) is 1. The van der Waals surface area contributed by atoms with Crippen LogP contribution in [0.3, 0.4) is 0 Å². The zero-order chi connectivity index (χ0) is 22.1. The Morgan fingerprint density at radius 1 is 1.00 bits per heavy atom. The number of imide groups is 1. The number of hydrogen-bond donors (Lipinski definition) is 1. The molecule has 0 bridgehead atoms. The van der Waals surface area contributed by atoms with Crippen molar-refractivity contribution in [2.24, 2.45) is 0 Å². The van der Waals surface area contributed by atoms with Gasteiger partial charge in [0.2, 0.25) is 0 Å². The maximum absolute atomic E-state index is 13.0. The maximum atomic E-state index is 13.0. The fourth-order valence-electron chi connectivity index (χ4n) is 3.78. The molecule has 7 heteroatoms. The fourth-order valence-corrected chi connectivity index (χ4v) is 3.78. The number of anilines is 1. The first-order chi connectivity index (χ1) is 14.9. The van der Waals surface area contributed by atoms with Crippen LogP contribution in [0.15, 0.2) is 48.5 Å². The van der Waals surface area contributed by atoms with Gasteiger partial charge in [-0.15, -0.1) is 0 Å². The van der Waals surface area contributed by atoms with Crippen molar-refractivity contribution in [2.45, 2.75) is 33.6 Å². The van der Waals surface area contributed by atoms with Gasteiger partial charge in [0.05, 0.1) is 28.2 Å². The summed E-state index contributed by atoms with van der Waals surface area (Å²) in [6.45, 7) is 6.26. The molecule has 0 atom stereocenters. The van der Waals surface area contributed by atoms with Crippen molar-refractivity contribution in [3.63, 3.8) is 0 Å². The highest BCUT2D eigenvalue weighted by atomic mass is 16.2. The third-order valence-corrected chi connectivity index (χ3v) is 5.36. The normalized spacial score (nSPS) is 12.9. The molecule has 3 amide bonds. The van der Waals surface area contributed by atoms with Gasteiger partial charge in [-0.3, -0.25) is 19.3 Å². The monoisotopic (exact) mass is 416 g/mol. The molecule has 1 aliphatic rings. The summed E-state index contributed by atoms with van der Waals surface area (Å²) in [5, 5.41) is 7.41. The van der Waals surface area contributed by atoms with Crippen LogP contribution in [-0.4, -0.2) is 38.9 Å². The van der Waals surface area contributed by atoms with Crippen LogP contribution in [0.5, 0.6) is 0 Å². The lowest BCUT2D eigenvalue weighted by atomic mass is 10.1. The van der Waals surface area contributed by atoms with Crippen LogP contribution in [0.25, 0.3) is 5.69 Å². The molecule has 7 nitrogen and oxygen atoms in total. The number of rotatable bonds is 6. The summed E-state index contributed by atoms with van der Waals surface area (Å²) >= 11 is 0. The van der Waals surface area contributed by atoms with Crippen molar-refractivity contribution < 1.29 is 14.4 Å². The summed E-state index contributed by atoms with van der Waals surface area (Å²) in [4.78, 5) is 39.4. The van der Waals surface area contributed by atoms with Crippen molar-refractivity contribution in [2.75, 3.05) is 11.9 Å². The minimum Gasteiger partial charge on any atom is -0.320 e. The molecule has 0 saturated carbocycles. The molecule has 0 aliphatic carbocycles. The van der Waals surface area contributed by atoms with E-state index in [1.54, 1.807) is 22.9 Å². The van der Waals surface area contributed by atoms with Crippen molar-refractivity contribution in [3.05, 3.63) is 76.6 Å². The first kappa shape index (κ1) is 20.5. The number of hydrogen-bond acceptors (Lipinski definition) is 4. The number of para-hydroxylation sites is 2. The molecule has 158 valence electrons. The number of aryl methyl sites for hydroxylation is 2. The molecule has 0 unspecified atom stereocenters. The first-order valence-corrected chi connectivity index (χ1v) is 10.3. The van der Waals surface area contributed by atoms with Gasteiger partial charge in [-0.05, 0) is 56.7 Å². The van der Waals surface area contributed by atoms with Crippen LogP contribution in [0.1, 0.15) is 62.2 Å². The van der Waals surface area contributed by atoms with Crippen LogP contribution >= 0.6 is 0 Å². The Balaban J connectivity index is 1.61. The zero-order valence-corrected chi connectivity index (χ0v) is 17.8. The number of amides is 3. The molecule has 1 aliphatic heterocycles. The number of nitrogens with zero attached hydrogens (tertiary/aromatic N) is 3. The Labute approximate surface area is 180 Å². The molecule has 0 radical (unpaired) electrons. The van der Waals surface area contributed by atoms with Gasteiger partial charge in [0, 0.05) is 17.8 Å². The Kier molecular flexibility index (Phi) is 5.42. The van der Waals surface area contributed by atoms with E-state index in [0.717, 1.165) is 29.9 Å². The predicted octanol–water partition coefficient (Wildman–Crippen LogP) is 4.14. The number of carbonyl (C=O) groups excluding carboxylic acids is 3. The van der Waals surface area contributed by atoms with Gasteiger partial charge in [-0.2, -0.15) is 5.10 Å². The Morgan fingerprint density at radius 3 is 2.45 bits per heavy atom. The van der Waals surface area contributed by atoms with Crippen molar-refractivity contribution in [1.82, 2.24) is 14.7 Å². The van der Waals surface area contributed by atoms with Gasteiger partial charge in [0.25, 0.3) is 17.7 Å². The number of carbonyl (C=O) groups is 3. The van der Waals surface area contributed by atoms with E-state index in [2.05, 4.69) is 10.4 Å². The molecule has 2 heterocycles. The molecule has 1 aromatic heterocycles. The number of fused-ring (bicyclic) bond motifs is 1. The van der Waals surface area contributed by atoms with E-state index in [9.17, 15) is 14.4 Å². The van der Waals surface area contributed by atoms with Crippen LogP contribution in [-0.2, 0) is 0 Å². The summed E-state index contributed by atoms with van der Waals surface area (Å²) in [5.74, 6) is -0.995. The molecular weight excluding hydrogens is 392 g/mol. The van der Waals surface area contributed by atoms with Gasteiger partial charge in [0.15, 0.2) is 0 Å². The highest BCUT2D eigenvalue weighted by molar-refractivity contribution is 6.22. The average Bonchev–Trinajstić information content (AvgIpc) is 3.22. The Bertz CT molecular complexity index is 1200. The second-order valence-electron chi connectivity index (χ2n) is 7.69. The van der Waals surface area contributed by atoms with Gasteiger partial charge in [0.1, 0.15) is 0 Å². The topological polar surface area (TPSA) is 84.3 Å². The van der Waals surface area contributed by atoms with E-state index in [4.69, 9.17) is 0 Å². The quantitative estimate of drug-likeness (QED) is 0.612. The predicted molar refractivity (Wildman–Crippen MR) is 118 cm³/mol. The molecule has 0 fully saturated rings. The van der Waals surface area contributed by atoms with Gasteiger partial charge >= 0.3 is 0 Å². The van der Waals surface area contributed by atoms with E-state index in [1.165, 1.54) is 11.0 Å². The summed E-state index contributed by atoms with van der Waals surface area (Å²) in [5.41, 5.74) is 4.13. The highest BCUT2D eigenvalue weighted by Gasteiger charge is 2.35. The van der Waals surface area contributed by atoms with E-state index < -0.39 is 0 Å². The van der Waals surface area contributed by atoms with Crippen LogP contribution in [0, 0.1) is 13.8 Å². The molecule has 31 heavy (non-hydrogen) atoms. The summed E-state index contributed by atoms with van der Waals surface area (Å²) in [7, 11) is 0. The van der Waals surface area contributed by atoms with Crippen LogP contribution in [0.2, 0.25) is 0 Å². The highest BCUT2D eigenvalue weighted by Crippen LogP contribution is 2.26. The van der Waals surface area contributed by atoms with Crippen molar-refractivity contribution in [3.8, 4) is 5.69 Å². The Hall–Kier alpha value is -3.74. The molecule has 2 aromatic carbocycles. The molecule has 0 spiro atoms. The number of unbranched alkanes of at least 4 members (excludes halogenated alkanes) is 1. The van der Waals surface area contributed by atoms with E-state index >= 15 is 0 Å². The Morgan fingerprint density at radius 2 is 1.74 bits per heavy atom. The van der Waals surface area contributed by atoms with Gasteiger partial charge in [-0.1, -0.05) is 25.5 Å². The average molecular weight is 416 g/mol. The fraction of sp³-hybridized carbons (Fsp3) is 0.250. The van der Waals surface area contributed by atoms with Crippen LogP contribution in [0.4, 0.5) is 5.69 Å². The lowest BCUT2D eigenvalue weighted by Gasteiger charge is -2.13. The second-order valence-corrected chi connectivity index (χ2v) is 7.69. The summed E-state index contributed by atoms with van der Waals surface area (Å²) in [6, 6.07) is 14.0. The van der Waals surface area contributed by atoms with Gasteiger partial charge in [-0.25, -0.2) is 4.68 Å². The molecule has 1 N–H and O–H groups in total. The van der Waals surface area contributed by atoms with Crippen molar-refractivity contribution in [1.29, 1.82) is 0 Å². The molecule has 4 rings (SSSR count). The SMILES string of the molecule is CCCCN1C(=O)c2ccc(C(=O)Nc3ccccc3-n3nc(C)cc3C)cc2C1=O. The third-order valence-electron chi connectivity index (χ3n) is 5.36. The molecule has 0 saturated heterocycles. The summed E-state index contributed by atoms with van der Waals surface area (Å²) in [6.07, 6.45) is 1.64. The van der Waals surface area contributed by atoms with Crippen LogP contribution < -0.4 is 5.32 Å². The minimum atomic E-state index is -0.357. The number of aromatic nitrogens is 2. The maximum Gasteiger partial charge on any atom is 0.261 e. The first-order valence-electron chi connectivity index (χ1n) is 10.3. The minimum absolute atomic E-state index is 0.278. The molecular formula is C24H24N4O3. The standard InChI is InChI=1S/C24H24N4O3/c1-4-5-12-27-23(30)18-11-10-17(14-19(18)24(27)31)22(29)25-20-8-6-7-9-21(20)28-16(3)13-15(2)26-28/h6-11,13-14H,4-5,12H2,1-3H3,(H,25,29). The van der Waals surface area contributed by atoms with E-state index in [-0.39, 0.29) is 23.3 Å². The lowest BCUT2D eigenvalue weighted by Crippen LogP contribution is -2.30. The molecule has 3 aromatic rings. The smallest absolute Gasteiger partial charge is 0.261 e.